The van der Waals surface area contributed by atoms with Gasteiger partial charge in [-0.1, -0.05) is 84.9 Å². The van der Waals surface area contributed by atoms with E-state index < -0.39 is 0 Å². The average molecular weight is 410 g/mol. The van der Waals surface area contributed by atoms with E-state index in [9.17, 15) is 0 Å². The van der Waals surface area contributed by atoms with Crippen molar-refractivity contribution in [3.05, 3.63) is 109 Å². The van der Waals surface area contributed by atoms with Gasteiger partial charge in [0.2, 0.25) is 5.78 Å². The monoisotopic (exact) mass is 410 g/mol. The van der Waals surface area contributed by atoms with Gasteiger partial charge in [0.05, 0.1) is 27.9 Å². The van der Waals surface area contributed by atoms with Crippen molar-refractivity contribution in [3.8, 4) is 22.5 Å². The summed E-state index contributed by atoms with van der Waals surface area (Å²) >= 11 is 0. The standard InChI is InChI=1S/C28H18N4/c1-3-11-19(12-4-1)25-26(20-13-5-2-6-14-20)32-27(30-25)21-15-7-9-17-23(21)31-24-18-10-8-16-22(24)29-28(31)32/h1-18H. The number of imidazole rings is 2. The van der Waals surface area contributed by atoms with E-state index in [1.165, 1.54) is 0 Å². The highest BCUT2D eigenvalue weighted by Gasteiger charge is 2.22. The third-order valence-electron chi connectivity index (χ3n) is 6.10. The Morgan fingerprint density at radius 3 is 1.91 bits per heavy atom. The van der Waals surface area contributed by atoms with Gasteiger partial charge in [-0.05, 0) is 24.3 Å². The highest BCUT2D eigenvalue weighted by atomic mass is 15.2. The second kappa shape index (κ2) is 6.53. The summed E-state index contributed by atoms with van der Waals surface area (Å²) in [4.78, 5) is 10.3. The number of fused-ring (bicyclic) bond motifs is 8. The van der Waals surface area contributed by atoms with Gasteiger partial charge in [-0.3, -0.25) is 8.80 Å². The molecule has 7 aromatic rings. The number of benzene rings is 4. The van der Waals surface area contributed by atoms with Crippen molar-refractivity contribution in [2.75, 3.05) is 0 Å². The molecular weight excluding hydrogens is 392 g/mol. The van der Waals surface area contributed by atoms with Gasteiger partial charge in [0.15, 0.2) is 0 Å². The van der Waals surface area contributed by atoms with Crippen molar-refractivity contribution in [2.45, 2.75) is 0 Å². The zero-order chi connectivity index (χ0) is 21.1. The fourth-order valence-corrected chi connectivity index (χ4v) is 4.71. The average Bonchev–Trinajstić information content (AvgIpc) is 3.45. The van der Waals surface area contributed by atoms with Crippen molar-refractivity contribution in [1.82, 2.24) is 18.8 Å². The summed E-state index contributed by atoms with van der Waals surface area (Å²) < 4.78 is 4.47. The summed E-state index contributed by atoms with van der Waals surface area (Å²) in [5.41, 5.74) is 8.30. The van der Waals surface area contributed by atoms with Crippen LogP contribution in [-0.2, 0) is 0 Å². The Kier molecular flexibility index (Phi) is 3.52. The molecule has 0 radical (unpaired) electrons. The first kappa shape index (κ1) is 17.3. The first-order valence-corrected chi connectivity index (χ1v) is 10.7. The summed E-state index contributed by atoms with van der Waals surface area (Å²) in [5, 5.41) is 1.10. The minimum atomic E-state index is 0.869. The van der Waals surface area contributed by atoms with Gasteiger partial charge >= 0.3 is 0 Å². The zero-order valence-electron chi connectivity index (χ0n) is 17.2. The van der Waals surface area contributed by atoms with Gasteiger partial charge in [0.25, 0.3) is 0 Å². The maximum atomic E-state index is 5.22. The molecule has 7 rings (SSSR count). The fraction of sp³-hybridized carbons (Fsp3) is 0. The molecule has 0 amide bonds. The molecule has 0 saturated carbocycles. The van der Waals surface area contributed by atoms with Crippen LogP contribution in [0.25, 0.3) is 55.9 Å². The Bertz CT molecular complexity index is 1760. The summed E-state index contributed by atoms with van der Waals surface area (Å²) in [7, 11) is 0. The van der Waals surface area contributed by atoms with E-state index in [0.717, 1.165) is 55.9 Å². The predicted molar refractivity (Wildman–Crippen MR) is 130 cm³/mol. The van der Waals surface area contributed by atoms with Crippen LogP contribution in [0.4, 0.5) is 0 Å². The first-order chi connectivity index (χ1) is 15.9. The Labute approximate surface area is 184 Å². The van der Waals surface area contributed by atoms with Crippen LogP contribution in [0.2, 0.25) is 0 Å². The number of aromatic nitrogens is 4. The quantitative estimate of drug-likeness (QED) is 0.321. The van der Waals surface area contributed by atoms with Gasteiger partial charge in [0, 0.05) is 16.5 Å². The van der Waals surface area contributed by atoms with Crippen LogP contribution in [-0.4, -0.2) is 18.8 Å². The molecule has 0 aliphatic carbocycles. The van der Waals surface area contributed by atoms with Crippen LogP contribution < -0.4 is 0 Å². The molecule has 0 atom stereocenters. The molecule has 3 aromatic heterocycles. The van der Waals surface area contributed by atoms with E-state index in [0.29, 0.717) is 0 Å². The lowest BCUT2D eigenvalue weighted by molar-refractivity contribution is 1.12. The van der Waals surface area contributed by atoms with Gasteiger partial charge in [-0.15, -0.1) is 0 Å². The van der Waals surface area contributed by atoms with Crippen LogP contribution in [0, 0.1) is 0 Å². The lowest BCUT2D eigenvalue weighted by Crippen LogP contribution is -1.99. The summed E-state index contributed by atoms with van der Waals surface area (Å²) in [5.74, 6) is 0.869. The largest absolute Gasteiger partial charge is 0.277 e. The maximum Gasteiger partial charge on any atom is 0.221 e. The van der Waals surface area contributed by atoms with Crippen LogP contribution in [0.15, 0.2) is 109 Å². The number of nitrogens with zero attached hydrogens (tertiary/aromatic N) is 4. The maximum absolute atomic E-state index is 5.22. The van der Waals surface area contributed by atoms with Gasteiger partial charge in [-0.25, -0.2) is 9.97 Å². The number of hydrogen-bond acceptors (Lipinski definition) is 2. The van der Waals surface area contributed by atoms with E-state index >= 15 is 0 Å². The van der Waals surface area contributed by atoms with Gasteiger partial charge in [0.1, 0.15) is 5.65 Å². The number of rotatable bonds is 2. The molecule has 0 unspecified atom stereocenters. The minimum absolute atomic E-state index is 0.869. The lowest BCUT2D eigenvalue weighted by Gasteiger charge is -2.10. The molecule has 0 N–H and O–H groups in total. The third kappa shape index (κ3) is 2.32. The molecular formula is C28H18N4. The molecule has 32 heavy (non-hydrogen) atoms. The number of hydrogen-bond donors (Lipinski definition) is 0. The molecule has 3 heterocycles. The van der Waals surface area contributed by atoms with E-state index in [1.54, 1.807) is 0 Å². The molecule has 4 nitrogen and oxygen atoms in total. The van der Waals surface area contributed by atoms with Crippen molar-refractivity contribution in [2.24, 2.45) is 0 Å². The van der Waals surface area contributed by atoms with E-state index in [1.807, 2.05) is 18.2 Å². The predicted octanol–water partition coefficient (Wildman–Crippen LogP) is 6.62. The van der Waals surface area contributed by atoms with Gasteiger partial charge < -0.3 is 0 Å². The summed E-state index contributed by atoms with van der Waals surface area (Å²) in [6.07, 6.45) is 0. The smallest absolute Gasteiger partial charge is 0.221 e. The Morgan fingerprint density at radius 1 is 0.500 bits per heavy atom. The summed E-state index contributed by atoms with van der Waals surface area (Å²) in [6, 6.07) is 37.6. The molecule has 0 saturated heterocycles. The highest BCUT2D eigenvalue weighted by Crippen LogP contribution is 2.37. The normalized spacial score (nSPS) is 11.8. The molecule has 0 aliphatic rings. The van der Waals surface area contributed by atoms with E-state index in [-0.39, 0.29) is 0 Å². The molecule has 150 valence electrons. The third-order valence-corrected chi connectivity index (χ3v) is 6.10. The summed E-state index contributed by atoms with van der Waals surface area (Å²) in [6.45, 7) is 0. The van der Waals surface area contributed by atoms with Crippen LogP contribution in [0.5, 0.6) is 0 Å². The van der Waals surface area contributed by atoms with Crippen molar-refractivity contribution in [3.63, 3.8) is 0 Å². The molecule has 0 spiro atoms. The first-order valence-electron chi connectivity index (χ1n) is 10.7. The highest BCUT2D eigenvalue weighted by molar-refractivity contribution is 6.00. The van der Waals surface area contributed by atoms with E-state index in [2.05, 4.69) is 99.8 Å². The molecule has 0 aliphatic heterocycles. The van der Waals surface area contributed by atoms with Crippen LogP contribution in [0.1, 0.15) is 0 Å². The molecule has 4 aromatic carbocycles. The SMILES string of the molecule is c1ccc(-c2nc3c4ccccc4n4c5ccccc5nc4n3c2-c2ccccc2)cc1. The minimum Gasteiger partial charge on any atom is -0.277 e. The Hall–Kier alpha value is -4.44. The molecule has 0 fully saturated rings. The van der Waals surface area contributed by atoms with E-state index in [4.69, 9.17) is 9.97 Å². The Morgan fingerprint density at radius 2 is 1.12 bits per heavy atom. The molecule has 0 bridgehead atoms. The topological polar surface area (TPSA) is 34.6 Å². The zero-order valence-corrected chi connectivity index (χ0v) is 17.2. The number of para-hydroxylation sites is 3. The van der Waals surface area contributed by atoms with Crippen molar-refractivity contribution < 1.29 is 0 Å². The van der Waals surface area contributed by atoms with Crippen LogP contribution >= 0.6 is 0 Å². The van der Waals surface area contributed by atoms with Crippen LogP contribution in [0.3, 0.4) is 0 Å². The Balaban J connectivity index is 1.79. The van der Waals surface area contributed by atoms with Crippen molar-refractivity contribution >= 4 is 33.4 Å². The second-order valence-corrected chi connectivity index (χ2v) is 7.95. The molecule has 4 heteroatoms. The fourth-order valence-electron chi connectivity index (χ4n) is 4.71. The van der Waals surface area contributed by atoms with Crippen molar-refractivity contribution in [1.29, 1.82) is 0 Å². The second-order valence-electron chi connectivity index (χ2n) is 7.95. The lowest BCUT2D eigenvalue weighted by atomic mass is 10.1. The van der Waals surface area contributed by atoms with Gasteiger partial charge in [-0.2, -0.15) is 0 Å².